The fourth-order valence-corrected chi connectivity index (χ4v) is 1.53. The molecule has 1 aromatic carbocycles. The number of halogens is 2. The van der Waals surface area contributed by atoms with Gasteiger partial charge in [-0.05, 0) is 24.6 Å². The highest BCUT2D eigenvalue weighted by atomic mass is 19.2. The van der Waals surface area contributed by atoms with Crippen molar-refractivity contribution < 1.29 is 18.6 Å². The third-order valence-electron chi connectivity index (χ3n) is 2.44. The van der Waals surface area contributed by atoms with Crippen LogP contribution in [-0.2, 0) is 4.74 Å². The minimum absolute atomic E-state index is 0.0378. The van der Waals surface area contributed by atoms with E-state index in [1.165, 1.54) is 13.2 Å². The maximum Gasteiger partial charge on any atom is 0.159 e. The average Bonchev–Trinajstić information content (AvgIpc) is 2.32. The van der Waals surface area contributed by atoms with Gasteiger partial charge >= 0.3 is 0 Å². The largest absolute Gasteiger partial charge is 0.395 e. The van der Waals surface area contributed by atoms with Crippen LogP contribution < -0.4 is 5.32 Å². The molecule has 0 spiro atoms. The summed E-state index contributed by atoms with van der Waals surface area (Å²) < 4.78 is 30.9. The summed E-state index contributed by atoms with van der Waals surface area (Å²) in [4.78, 5) is 0. The summed E-state index contributed by atoms with van der Waals surface area (Å²) in [6, 6.07) is 3.29. The minimum atomic E-state index is -0.887. The third kappa shape index (κ3) is 4.03. The quantitative estimate of drug-likeness (QED) is 0.800. The lowest BCUT2D eigenvalue weighted by molar-refractivity contribution is 0.151. The fraction of sp³-hybridized carbons (Fsp3) is 0.500. The Kier molecular flexibility index (Phi) is 5.47. The van der Waals surface area contributed by atoms with Crippen LogP contribution in [0.25, 0.3) is 0 Å². The van der Waals surface area contributed by atoms with Crippen LogP contribution in [-0.4, -0.2) is 31.5 Å². The maximum atomic E-state index is 13.1. The van der Waals surface area contributed by atoms with E-state index in [2.05, 4.69) is 5.32 Å². The van der Waals surface area contributed by atoms with Crippen LogP contribution in [0, 0.1) is 11.6 Å². The van der Waals surface area contributed by atoms with E-state index in [9.17, 15) is 8.78 Å². The Morgan fingerprint density at radius 1 is 1.35 bits per heavy atom. The molecule has 0 bridgehead atoms. The van der Waals surface area contributed by atoms with E-state index in [0.29, 0.717) is 12.2 Å². The van der Waals surface area contributed by atoms with E-state index in [1.54, 1.807) is 6.92 Å². The SMILES string of the molecule is COCC(N[C@H](C)CO)c1ccc(F)c(F)c1. The summed E-state index contributed by atoms with van der Waals surface area (Å²) in [5.74, 6) is -1.76. The fourth-order valence-electron chi connectivity index (χ4n) is 1.53. The van der Waals surface area contributed by atoms with Crippen molar-refractivity contribution in [3.05, 3.63) is 35.4 Å². The second kappa shape index (κ2) is 6.64. The molecule has 5 heteroatoms. The topological polar surface area (TPSA) is 41.5 Å². The van der Waals surface area contributed by atoms with Gasteiger partial charge in [-0.3, -0.25) is 0 Å². The van der Waals surface area contributed by atoms with E-state index >= 15 is 0 Å². The van der Waals surface area contributed by atoms with Crippen molar-refractivity contribution in [1.29, 1.82) is 0 Å². The lowest BCUT2D eigenvalue weighted by Gasteiger charge is -2.22. The molecule has 0 fully saturated rings. The number of hydrogen-bond donors (Lipinski definition) is 2. The molecule has 0 aromatic heterocycles. The van der Waals surface area contributed by atoms with Crippen molar-refractivity contribution in [2.75, 3.05) is 20.3 Å². The molecule has 0 amide bonds. The zero-order valence-electron chi connectivity index (χ0n) is 9.91. The zero-order valence-corrected chi connectivity index (χ0v) is 9.91. The van der Waals surface area contributed by atoms with E-state index in [0.717, 1.165) is 12.1 Å². The van der Waals surface area contributed by atoms with Gasteiger partial charge in [-0.15, -0.1) is 0 Å². The third-order valence-corrected chi connectivity index (χ3v) is 2.44. The normalized spacial score (nSPS) is 14.6. The molecule has 0 saturated heterocycles. The second-order valence-electron chi connectivity index (χ2n) is 3.93. The van der Waals surface area contributed by atoms with Crippen molar-refractivity contribution in [3.63, 3.8) is 0 Å². The average molecular weight is 245 g/mol. The maximum absolute atomic E-state index is 13.1. The highest BCUT2D eigenvalue weighted by molar-refractivity contribution is 5.21. The molecule has 1 aromatic rings. The van der Waals surface area contributed by atoms with Gasteiger partial charge in [0.15, 0.2) is 11.6 Å². The van der Waals surface area contributed by atoms with Crippen LogP contribution in [0.15, 0.2) is 18.2 Å². The lowest BCUT2D eigenvalue weighted by atomic mass is 10.1. The molecule has 1 rings (SSSR count). The molecule has 0 saturated carbocycles. The predicted octanol–water partition coefficient (Wildman–Crippen LogP) is 1.62. The molecule has 2 N–H and O–H groups in total. The first-order chi connectivity index (χ1) is 8.08. The molecular formula is C12H17F2NO2. The molecule has 0 aliphatic carbocycles. The standard InChI is InChI=1S/C12H17F2NO2/c1-8(6-16)15-12(7-17-2)9-3-4-10(13)11(14)5-9/h3-5,8,12,15-16H,6-7H2,1-2H3/t8-,12?/m1/s1. The molecule has 0 heterocycles. The molecule has 0 aliphatic heterocycles. The molecule has 17 heavy (non-hydrogen) atoms. The summed E-state index contributed by atoms with van der Waals surface area (Å²) in [7, 11) is 1.53. The van der Waals surface area contributed by atoms with Crippen molar-refractivity contribution in [3.8, 4) is 0 Å². The van der Waals surface area contributed by atoms with E-state index in [1.807, 2.05) is 0 Å². The Morgan fingerprint density at radius 3 is 2.59 bits per heavy atom. The van der Waals surface area contributed by atoms with Crippen molar-refractivity contribution in [1.82, 2.24) is 5.32 Å². The van der Waals surface area contributed by atoms with Gasteiger partial charge in [0.25, 0.3) is 0 Å². The number of hydrogen-bond acceptors (Lipinski definition) is 3. The molecule has 3 nitrogen and oxygen atoms in total. The summed E-state index contributed by atoms with van der Waals surface area (Å²) in [5.41, 5.74) is 0.589. The van der Waals surface area contributed by atoms with Gasteiger partial charge < -0.3 is 15.2 Å². The Hall–Kier alpha value is -1.04. The number of benzene rings is 1. The number of rotatable bonds is 6. The van der Waals surface area contributed by atoms with Crippen molar-refractivity contribution in [2.24, 2.45) is 0 Å². The molecule has 0 aliphatic rings. The Bertz CT molecular complexity index is 360. The Balaban J connectivity index is 2.84. The van der Waals surface area contributed by atoms with Crippen LogP contribution in [0.5, 0.6) is 0 Å². The van der Waals surface area contributed by atoms with Gasteiger partial charge in [0.05, 0.1) is 19.3 Å². The lowest BCUT2D eigenvalue weighted by Crippen LogP contribution is -2.35. The number of aliphatic hydroxyl groups is 1. The van der Waals surface area contributed by atoms with Gasteiger partial charge in [0.2, 0.25) is 0 Å². The van der Waals surface area contributed by atoms with E-state index in [4.69, 9.17) is 9.84 Å². The predicted molar refractivity (Wildman–Crippen MR) is 60.7 cm³/mol. The van der Waals surface area contributed by atoms with Crippen molar-refractivity contribution >= 4 is 0 Å². The van der Waals surface area contributed by atoms with E-state index in [-0.39, 0.29) is 18.7 Å². The van der Waals surface area contributed by atoms with Crippen LogP contribution in [0.1, 0.15) is 18.5 Å². The zero-order chi connectivity index (χ0) is 12.8. The first-order valence-corrected chi connectivity index (χ1v) is 5.39. The number of nitrogens with one attached hydrogen (secondary N) is 1. The molecular weight excluding hydrogens is 228 g/mol. The summed E-state index contributed by atoms with van der Waals surface area (Å²) >= 11 is 0. The van der Waals surface area contributed by atoms with Crippen molar-refractivity contribution in [2.45, 2.75) is 19.0 Å². The molecule has 96 valence electrons. The number of methoxy groups -OCH3 is 1. The summed E-state index contributed by atoms with van der Waals surface area (Å²) in [5, 5.41) is 12.0. The van der Waals surface area contributed by atoms with Crippen LogP contribution in [0.2, 0.25) is 0 Å². The highest BCUT2D eigenvalue weighted by Crippen LogP contribution is 2.17. The van der Waals surface area contributed by atoms with Gasteiger partial charge in [-0.1, -0.05) is 6.07 Å². The number of ether oxygens (including phenoxy) is 1. The number of aliphatic hydroxyl groups excluding tert-OH is 1. The van der Waals surface area contributed by atoms with Crippen LogP contribution in [0.4, 0.5) is 8.78 Å². The van der Waals surface area contributed by atoms with Gasteiger partial charge in [0, 0.05) is 13.2 Å². The minimum Gasteiger partial charge on any atom is -0.395 e. The summed E-state index contributed by atoms with van der Waals surface area (Å²) in [6.45, 7) is 2.07. The van der Waals surface area contributed by atoms with Gasteiger partial charge in [0.1, 0.15) is 0 Å². The second-order valence-corrected chi connectivity index (χ2v) is 3.93. The highest BCUT2D eigenvalue weighted by Gasteiger charge is 2.15. The Labute approximate surface area is 99.4 Å². The monoisotopic (exact) mass is 245 g/mol. The first-order valence-electron chi connectivity index (χ1n) is 5.39. The molecule has 2 atom stereocenters. The smallest absolute Gasteiger partial charge is 0.159 e. The van der Waals surface area contributed by atoms with Gasteiger partial charge in [-0.2, -0.15) is 0 Å². The Morgan fingerprint density at radius 2 is 2.06 bits per heavy atom. The summed E-state index contributed by atoms with van der Waals surface area (Å²) in [6.07, 6.45) is 0. The molecule has 0 radical (unpaired) electrons. The van der Waals surface area contributed by atoms with Gasteiger partial charge in [-0.25, -0.2) is 8.78 Å². The van der Waals surface area contributed by atoms with E-state index < -0.39 is 11.6 Å². The van der Waals surface area contributed by atoms with Crippen LogP contribution in [0.3, 0.4) is 0 Å². The molecule has 1 unspecified atom stereocenters. The van der Waals surface area contributed by atoms with Crippen LogP contribution >= 0.6 is 0 Å². The first kappa shape index (κ1) is 14.0.